The molecular formula is C9H17N3O4. The zero-order valence-electron chi connectivity index (χ0n) is 9.16. The maximum Gasteiger partial charge on any atom is 0.309 e. The quantitative estimate of drug-likeness (QED) is 0.225. The number of hydrogen-bond donors (Lipinski definition) is 4. The molecule has 0 aromatic carbocycles. The van der Waals surface area contributed by atoms with E-state index >= 15 is 0 Å². The molecule has 0 saturated carbocycles. The normalized spacial score (nSPS) is 11.4. The Morgan fingerprint density at radius 3 is 2.44 bits per heavy atom. The van der Waals surface area contributed by atoms with E-state index < -0.39 is 17.9 Å². The summed E-state index contributed by atoms with van der Waals surface area (Å²) in [4.78, 5) is 32.0. The maximum absolute atomic E-state index is 11.1. The van der Waals surface area contributed by atoms with Crippen LogP contribution in [0.25, 0.3) is 0 Å². The van der Waals surface area contributed by atoms with Crippen molar-refractivity contribution in [2.24, 2.45) is 0 Å². The third-order valence-electron chi connectivity index (χ3n) is 1.63. The van der Waals surface area contributed by atoms with Crippen LogP contribution >= 0.6 is 0 Å². The summed E-state index contributed by atoms with van der Waals surface area (Å²) in [6.45, 7) is 2.29. The molecule has 0 aliphatic carbocycles. The van der Waals surface area contributed by atoms with E-state index in [1.807, 2.05) is 0 Å². The Morgan fingerprint density at radius 1 is 1.25 bits per heavy atom. The Kier molecular flexibility index (Phi) is 7.78. The number of aliphatic hydroxyl groups is 1. The number of nitrogens with one attached hydrogen (secondary N) is 3. The van der Waals surface area contributed by atoms with Crippen LogP contribution in [0.3, 0.4) is 0 Å². The van der Waals surface area contributed by atoms with Gasteiger partial charge in [0.05, 0.1) is 6.10 Å². The van der Waals surface area contributed by atoms with Gasteiger partial charge in [0.15, 0.2) is 0 Å². The average molecular weight is 231 g/mol. The molecule has 1 atom stereocenters. The molecule has 7 heteroatoms. The summed E-state index contributed by atoms with van der Waals surface area (Å²) in [5, 5.41) is 15.9. The topological polar surface area (TPSA) is 108 Å². The van der Waals surface area contributed by atoms with Crippen LogP contribution in [0.1, 0.15) is 13.3 Å². The molecule has 0 aromatic rings. The molecule has 0 aliphatic rings. The van der Waals surface area contributed by atoms with Gasteiger partial charge in [-0.05, 0) is 13.3 Å². The van der Waals surface area contributed by atoms with Gasteiger partial charge in [-0.2, -0.15) is 0 Å². The highest BCUT2D eigenvalue weighted by molar-refractivity contribution is 6.35. The summed E-state index contributed by atoms with van der Waals surface area (Å²) >= 11 is 0. The molecule has 7 nitrogen and oxygen atoms in total. The van der Waals surface area contributed by atoms with Gasteiger partial charge in [-0.1, -0.05) is 0 Å². The molecule has 0 spiro atoms. The summed E-state index contributed by atoms with van der Waals surface area (Å²) in [6.07, 6.45) is 0.430. The molecule has 16 heavy (non-hydrogen) atoms. The summed E-state index contributed by atoms with van der Waals surface area (Å²) in [5.74, 6) is -1.52. The summed E-state index contributed by atoms with van der Waals surface area (Å²) < 4.78 is 0. The zero-order valence-corrected chi connectivity index (χ0v) is 9.16. The monoisotopic (exact) mass is 231 g/mol. The molecule has 0 fully saturated rings. The molecular weight excluding hydrogens is 214 g/mol. The Hall–Kier alpha value is -1.63. The van der Waals surface area contributed by atoms with Gasteiger partial charge in [-0.15, -0.1) is 0 Å². The summed E-state index contributed by atoms with van der Waals surface area (Å²) in [7, 11) is 0. The largest absolute Gasteiger partial charge is 0.392 e. The van der Waals surface area contributed by atoms with Gasteiger partial charge in [0.25, 0.3) is 0 Å². The van der Waals surface area contributed by atoms with Crippen molar-refractivity contribution in [3.63, 3.8) is 0 Å². The second-order valence-electron chi connectivity index (χ2n) is 3.24. The molecule has 1 unspecified atom stereocenters. The Labute approximate surface area is 93.6 Å². The van der Waals surface area contributed by atoms with Crippen molar-refractivity contribution in [2.45, 2.75) is 19.4 Å². The lowest BCUT2D eigenvalue weighted by Crippen LogP contribution is -2.42. The first-order valence-electron chi connectivity index (χ1n) is 4.99. The third kappa shape index (κ3) is 7.74. The van der Waals surface area contributed by atoms with E-state index in [2.05, 4.69) is 16.0 Å². The van der Waals surface area contributed by atoms with E-state index in [4.69, 9.17) is 5.11 Å². The first-order chi connectivity index (χ1) is 7.57. The first kappa shape index (κ1) is 14.4. The van der Waals surface area contributed by atoms with Crippen molar-refractivity contribution in [3.8, 4) is 0 Å². The summed E-state index contributed by atoms with van der Waals surface area (Å²) in [6, 6.07) is 0. The van der Waals surface area contributed by atoms with Gasteiger partial charge in [0.2, 0.25) is 6.41 Å². The molecule has 0 bridgehead atoms. The Bertz CT molecular complexity index is 243. The number of rotatable bonds is 7. The van der Waals surface area contributed by atoms with Crippen molar-refractivity contribution >= 4 is 18.2 Å². The van der Waals surface area contributed by atoms with Crippen LogP contribution in [0.2, 0.25) is 0 Å². The fourth-order valence-electron chi connectivity index (χ4n) is 0.852. The second-order valence-corrected chi connectivity index (χ2v) is 3.24. The molecule has 3 amide bonds. The van der Waals surface area contributed by atoms with Crippen LogP contribution in [0.4, 0.5) is 0 Å². The molecule has 0 radical (unpaired) electrons. The van der Waals surface area contributed by atoms with Gasteiger partial charge < -0.3 is 21.1 Å². The van der Waals surface area contributed by atoms with Gasteiger partial charge in [-0.3, -0.25) is 14.4 Å². The van der Waals surface area contributed by atoms with Gasteiger partial charge in [0.1, 0.15) is 0 Å². The lowest BCUT2D eigenvalue weighted by atomic mass is 10.4. The van der Waals surface area contributed by atoms with Crippen LogP contribution in [0.15, 0.2) is 0 Å². The molecule has 0 saturated heterocycles. The van der Waals surface area contributed by atoms with Crippen molar-refractivity contribution in [1.82, 2.24) is 16.0 Å². The van der Waals surface area contributed by atoms with Gasteiger partial charge in [-0.25, -0.2) is 0 Å². The van der Waals surface area contributed by atoms with E-state index in [1.54, 1.807) is 0 Å². The average Bonchev–Trinajstić information content (AvgIpc) is 2.25. The van der Waals surface area contributed by atoms with Crippen LogP contribution in [-0.2, 0) is 14.4 Å². The smallest absolute Gasteiger partial charge is 0.309 e. The Balaban J connectivity index is 3.55. The van der Waals surface area contributed by atoms with Crippen molar-refractivity contribution in [2.75, 3.05) is 19.6 Å². The maximum atomic E-state index is 11.1. The molecule has 4 N–H and O–H groups in total. The highest BCUT2D eigenvalue weighted by Gasteiger charge is 2.12. The number of amides is 3. The number of aliphatic hydroxyl groups excluding tert-OH is 1. The van der Waals surface area contributed by atoms with Gasteiger partial charge >= 0.3 is 11.8 Å². The van der Waals surface area contributed by atoms with Gasteiger partial charge in [0, 0.05) is 19.6 Å². The molecule has 0 heterocycles. The number of hydrogen-bond acceptors (Lipinski definition) is 4. The minimum Gasteiger partial charge on any atom is -0.392 e. The highest BCUT2D eigenvalue weighted by atomic mass is 16.3. The predicted molar refractivity (Wildman–Crippen MR) is 56.4 cm³/mol. The van der Waals surface area contributed by atoms with Crippen molar-refractivity contribution in [1.29, 1.82) is 0 Å². The molecule has 0 aromatic heterocycles. The van der Waals surface area contributed by atoms with Crippen molar-refractivity contribution < 1.29 is 19.5 Å². The van der Waals surface area contributed by atoms with Crippen LogP contribution < -0.4 is 16.0 Å². The lowest BCUT2D eigenvalue weighted by Gasteiger charge is -2.07. The molecule has 92 valence electrons. The van der Waals surface area contributed by atoms with E-state index in [0.29, 0.717) is 25.9 Å². The van der Waals surface area contributed by atoms with E-state index in [-0.39, 0.29) is 6.54 Å². The van der Waals surface area contributed by atoms with Crippen molar-refractivity contribution in [3.05, 3.63) is 0 Å². The van der Waals surface area contributed by atoms with Crippen LogP contribution in [0.5, 0.6) is 0 Å². The first-order valence-corrected chi connectivity index (χ1v) is 4.99. The summed E-state index contributed by atoms with van der Waals surface area (Å²) in [5.41, 5.74) is 0. The van der Waals surface area contributed by atoms with E-state index in [1.165, 1.54) is 6.92 Å². The lowest BCUT2D eigenvalue weighted by molar-refractivity contribution is -0.139. The van der Waals surface area contributed by atoms with Crippen LogP contribution in [-0.4, -0.2) is 49.1 Å². The Morgan fingerprint density at radius 2 is 1.88 bits per heavy atom. The van der Waals surface area contributed by atoms with E-state index in [0.717, 1.165) is 0 Å². The molecule has 0 aliphatic heterocycles. The van der Waals surface area contributed by atoms with Crippen LogP contribution in [0, 0.1) is 0 Å². The second kappa shape index (κ2) is 8.66. The molecule has 0 rings (SSSR count). The zero-order chi connectivity index (χ0) is 12.4. The minimum atomic E-state index is -0.774. The third-order valence-corrected chi connectivity index (χ3v) is 1.63. The number of carbonyl (C=O) groups excluding carboxylic acids is 3. The highest BCUT2D eigenvalue weighted by Crippen LogP contribution is 1.77. The fourth-order valence-corrected chi connectivity index (χ4v) is 0.852. The fraction of sp³-hybridized carbons (Fsp3) is 0.667. The minimum absolute atomic E-state index is 0.0406. The predicted octanol–water partition coefficient (Wildman–Crippen LogP) is -2.26. The standard InChI is InChI=1S/C9H17N3O4/c1-7(14)5-12-9(16)8(15)11-4-2-3-10-6-13/h6-7,14H,2-5H2,1H3,(H,10,13)(H,11,15)(H,12,16). The SMILES string of the molecule is CC(O)CNC(=O)C(=O)NCCCNC=O. The number of carbonyl (C=O) groups is 3. The van der Waals surface area contributed by atoms with E-state index in [9.17, 15) is 14.4 Å².